The van der Waals surface area contributed by atoms with Gasteiger partial charge in [0.1, 0.15) is 11.5 Å². The van der Waals surface area contributed by atoms with Crippen LogP contribution in [0.5, 0.6) is 5.75 Å². The monoisotopic (exact) mass is 345 g/mol. The van der Waals surface area contributed by atoms with Gasteiger partial charge in [-0.2, -0.15) is 0 Å². The van der Waals surface area contributed by atoms with Crippen LogP contribution in [-0.2, 0) is 11.2 Å². The standard InChI is InChI=1S/C17H16BrNO2/c1-21-17-7-6-11(8-14(17)18)9-16(20)13-10-19-15-5-3-2-4-12(13)15/h2-8,13,19H,9-10H2,1H3. The Kier molecular flexibility index (Phi) is 3.97. The van der Waals surface area contributed by atoms with Gasteiger partial charge in [0, 0.05) is 18.7 Å². The topological polar surface area (TPSA) is 38.3 Å². The molecule has 0 spiro atoms. The van der Waals surface area contributed by atoms with E-state index >= 15 is 0 Å². The number of ketones is 1. The lowest BCUT2D eigenvalue weighted by molar-refractivity contribution is -0.119. The molecule has 3 rings (SSSR count). The van der Waals surface area contributed by atoms with Gasteiger partial charge in [0.25, 0.3) is 0 Å². The Morgan fingerprint density at radius 1 is 1.33 bits per heavy atom. The van der Waals surface area contributed by atoms with Gasteiger partial charge in [0.05, 0.1) is 17.5 Å². The maximum atomic E-state index is 12.6. The van der Waals surface area contributed by atoms with Crippen molar-refractivity contribution in [2.24, 2.45) is 0 Å². The summed E-state index contributed by atoms with van der Waals surface area (Å²) in [6.07, 6.45) is 0.434. The van der Waals surface area contributed by atoms with E-state index in [1.165, 1.54) is 0 Å². The molecule has 1 unspecified atom stereocenters. The van der Waals surface area contributed by atoms with Crippen molar-refractivity contribution in [3.63, 3.8) is 0 Å². The highest BCUT2D eigenvalue weighted by atomic mass is 79.9. The molecule has 2 aromatic carbocycles. The van der Waals surface area contributed by atoms with Crippen LogP contribution < -0.4 is 10.1 Å². The zero-order valence-electron chi connectivity index (χ0n) is 11.7. The second-order valence-electron chi connectivity index (χ2n) is 5.13. The summed E-state index contributed by atoms with van der Waals surface area (Å²) >= 11 is 3.46. The molecule has 1 aliphatic rings. The number of anilines is 1. The number of halogens is 1. The lowest BCUT2D eigenvalue weighted by atomic mass is 9.93. The predicted octanol–water partition coefficient (Wildman–Crippen LogP) is 3.78. The van der Waals surface area contributed by atoms with Crippen LogP contribution in [0.1, 0.15) is 17.0 Å². The first-order chi connectivity index (χ1) is 10.2. The Bertz CT molecular complexity index is 684. The maximum Gasteiger partial charge on any atom is 0.146 e. The number of rotatable bonds is 4. The van der Waals surface area contributed by atoms with Gasteiger partial charge in [-0.1, -0.05) is 24.3 Å². The smallest absolute Gasteiger partial charge is 0.146 e. The molecule has 0 fully saturated rings. The third kappa shape index (κ3) is 2.81. The number of hydrogen-bond acceptors (Lipinski definition) is 3. The van der Waals surface area contributed by atoms with Crippen LogP contribution in [0.15, 0.2) is 46.9 Å². The quantitative estimate of drug-likeness (QED) is 0.916. The molecule has 0 saturated carbocycles. The molecule has 1 atom stereocenters. The van der Waals surface area contributed by atoms with Gasteiger partial charge in [-0.15, -0.1) is 0 Å². The van der Waals surface area contributed by atoms with E-state index in [-0.39, 0.29) is 11.7 Å². The number of ether oxygens (including phenoxy) is 1. The molecule has 0 aromatic heterocycles. The van der Waals surface area contributed by atoms with Crippen molar-refractivity contribution in [3.05, 3.63) is 58.1 Å². The minimum absolute atomic E-state index is 0.0536. The summed E-state index contributed by atoms with van der Waals surface area (Å²) in [6.45, 7) is 0.690. The molecule has 1 N–H and O–H groups in total. The first kappa shape index (κ1) is 14.1. The zero-order valence-corrected chi connectivity index (χ0v) is 13.3. The van der Waals surface area contributed by atoms with E-state index in [1.807, 2.05) is 42.5 Å². The average molecular weight is 346 g/mol. The van der Waals surface area contributed by atoms with Gasteiger partial charge < -0.3 is 10.1 Å². The van der Waals surface area contributed by atoms with Gasteiger partial charge in [-0.05, 0) is 45.3 Å². The first-order valence-electron chi connectivity index (χ1n) is 6.87. The summed E-state index contributed by atoms with van der Waals surface area (Å²) in [5.41, 5.74) is 3.18. The summed E-state index contributed by atoms with van der Waals surface area (Å²) in [6, 6.07) is 13.8. The highest BCUT2D eigenvalue weighted by Gasteiger charge is 2.27. The number of nitrogens with one attached hydrogen (secondary N) is 1. The number of hydrogen-bond donors (Lipinski definition) is 1. The largest absolute Gasteiger partial charge is 0.496 e. The van der Waals surface area contributed by atoms with Gasteiger partial charge in [-0.25, -0.2) is 0 Å². The molecule has 3 nitrogen and oxygen atoms in total. The number of fused-ring (bicyclic) bond motifs is 1. The number of carbonyl (C=O) groups is 1. The second-order valence-corrected chi connectivity index (χ2v) is 5.99. The van der Waals surface area contributed by atoms with Crippen LogP contribution in [0.4, 0.5) is 5.69 Å². The van der Waals surface area contributed by atoms with Gasteiger partial charge in [0.2, 0.25) is 0 Å². The minimum atomic E-state index is -0.0536. The molecule has 0 saturated heterocycles. The third-order valence-electron chi connectivity index (χ3n) is 3.82. The van der Waals surface area contributed by atoms with Gasteiger partial charge in [0.15, 0.2) is 0 Å². The Morgan fingerprint density at radius 3 is 2.90 bits per heavy atom. The molecular formula is C17H16BrNO2. The number of benzene rings is 2. The van der Waals surface area contributed by atoms with E-state index in [4.69, 9.17) is 4.74 Å². The van der Waals surface area contributed by atoms with Crippen molar-refractivity contribution in [1.29, 1.82) is 0 Å². The fourth-order valence-corrected chi connectivity index (χ4v) is 3.30. The number of para-hydroxylation sites is 1. The van der Waals surface area contributed by atoms with Crippen molar-refractivity contribution < 1.29 is 9.53 Å². The molecule has 4 heteroatoms. The SMILES string of the molecule is COc1ccc(CC(=O)C2CNc3ccccc32)cc1Br. The lowest BCUT2D eigenvalue weighted by Gasteiger charge is -2.10. The van der Waals surface area contributed by atoms with Gasteiger partial charge >= 0.3 is 0 Å². The molecule has 0 radical (unpaired) electrons. The third-order valence-corrected chi connectivity index (χ3v) is 4.44. The van der Waals surface area contributed by atoms with E-state index in [0.29, 0.717) is 13.0 Å². The summed E-state index contributed by atoms with van der Waals surface area (Å²) in [5, 5.41) is 3.30. The Morgan fingerprint density at radius 2 is 2.14 bits per heavy atom. The first-order valence-corrected chi connectivity index (χ1v) is 7.66. The van der Waals surface area contributed by atoms with Crippen LogP contribution in [-0.4, -0.2) is 19.4 Å². The molecule has 108 valence electrons. The molecule has 0 amide bonds. The van der Waals surface area contributed by atoms with Crippen molar-refractivity contribution >= 4 is 27.4 Å². The van der Waals surface area contributed by atoms with Crippen molar-refractivity contribution in [3.8, 4) is 5.75 Å². The van der Waals surface area contributed by atoms with E-state index in [9.17, 15) is 4.79 Å². The van der Waals surface area contributed by atoms with Crippen molar-refractivity contribution in [2.45, 2.75) is 12.3 Å². The Labute approximate surface area is 132 Å². The van der Waals surface area contributed by atoms with Crippen molar-refractivity contribution in [1.82, 2.24) is 0 Å². The lowest BCUT2D eigenvalue weighted by Crippen LogP contribution is -2.16. The molecule has 1 heterocycles. The molecule has 0 aliphatic carbocycles. The van der Waals surface area contributed by atoms with E-state index in [0.717, 1.165) is 27.0 Å². The fraction of sp³-hybridized carbons (Fsp3) is 0.235. The summed E-state index contributed by atoms with van der Waals surface area (Å²) in [4.78, 5) is 12.6. The molecule has 21 heavy (non-hydrogen) atoms. The zero-order chi connectivity index (χ0) is 14.8. The van der Waals surface area contributed by atoms with Crippen LogP contribution in [0.25, 0.3) is 0 Å². The molecule has 2 aromatic rings. The number of methoxy groups -OCH3 is 1. The highest BCUT2D eigenvalue weighted by Crippen LogP contribution is 2.33. The summed E-state index contributed by atoms with van der Waals surface area (Å²) < 4.78 is 6.08. The molecule has 1 aliphatic heterocycles. The Hall–Kier alpha value is -1.81. The van der Waals surface area contributed by atoms with E-state index in [1.54, 1.807) is 7.11 Å². The second kappa shape index (κ2) is 5.90. The van der Waals surface area contributed by atoms with E-state index < -0.39 is 0 Å². The number of carbonyl (C=O) groups excluding carboxylic acids is 1. The summed E-state index contributed by atoms with van der Waals surface area (Å²) in [5.74, 6) is 0.964. The van der Waals surface area contributed by atoms with Crippen LogP contribution in [0.2, 0.25) is 0 Å². The fourth-order valence-electron chi connectivity index (χ4n) is 2.72. The molecular weight excluding hydrogens is 330 g/mol. The molecule has 0 bridgehead atoms. The number of Topliss-reactive ketones (excluding diaryl/α,β-unsaturated/α-hetero) is 1. The van der Waals surface area contributed by atoms with Gasteiger partial charge in [-0.3, -0.25) is 4.79 Å². The van der Waals surface area contributed by atoms with Crippen LogP contribution in [0, 0.1) is 0 Å². The normalized spacial score (nSPS) is 16.2. The predicted molar refractivity (Wildman–Crippen MR) is 87.1 cm³/mol. The minimum Gasteiger partial charge on any atom is -0.496 e. The van der Waals surface area contributed by atoms with Crippen molar-refractivity contribution in [2.75, 3.05) is 19.0 Å². The summed E-state index contributed by atoms with van der Waals surface area (Å²) in [7, 11) is 1.63. The highest BCUT2D eigenvalue weighted by molar-refractivity contribution is 9.10. The average Bonchev–Trinajstić information content (AvgIpc) is 2.91. The Balaban J connectivity index is 1.77. The van der Waals surface area contributed by atoms with Crippen LogP contribution >= 0.6 is 15.9 Å². The maximum absolute atomic E-state index is 12.6. The van der Waals surface area contributed by atoms with E-state index in [2.05, 4.69) is 21.2 Å². The van der Waals surface area contributed by atoms with Crippen LogP contribution in [0.3, 0.4) is 0 Å².